The van der Waals surface area contributed by atoms with Crippen molar-refractivity contribution in [2.75, 3.05) is 0 Å². The van der Waals surface area contributed by atoms with Crippen LogP contribution in [0.25, 0.3) is 0 Å². The summed E-state index contributed by atoms with van der Waals surface area (Å²) >= 11 is 0. The molecular formula is C11H19F2NOS. The summed E-state index contributed by atoms with van der Waals surface area (Å²) in [4.78, 5) is 0. The van der Waals surface area contributed by atoms with E-state index >= 15 is 0 Å². The zero-order valence-electron chi connectivity index (χ0n) is 9.93. The SMILES string of the molecule is C=C[C@H](NS(=O)C(C)(C)C)C1CC(F)(F)C1. The fourth-order valence-corrected chi connectivity index (χ4v) is 2.49. The molecule has 0 spiro atoms. The van der Waals surface area contributed by atoms with Crippen LogP contribution in [-0.4, -0.2) is 20.9 Å². The summed E-state index contributed by atoms with van der Waals surface area (Å²) in [5.41, 5.74) is 0. The van der Waals surface area contributed by atoms with E-state index in [9.17, 15) is 13.0 Å². The van der Waals surface area contributed by atoms with Gasteiger partial charge < -0.3 is 0 Å². The van der Waals surface area contributed by atoms with E-state index in [1.807, 2.05) is 20.8 Å². The molecule has 1 unspecified atom stereocenters. The Morgan fingerprint density at radius 1 is 1.50 bits per heavy atom. The summed E-state index contributed by atoms with van der Waals surface area (Å²) in [7, 11) is -1.25. The summed E-state index contributed by atoms with van der Waals surface area (Å²) in [5, 5.41) is 0. The Morgan fingerprint density at radius 2 is 2.00 bits per heavy atom. The molecule has 0 saturated heterocycles. The number of halogens is 2. The van der Waals surface area contributed by atoms with Crippen LogP contribution >= 0.6 is 0 Å². The first-order valence-electron chi connectivity index (χ1n) is 5.34. The van der Waals surface area contributed by atoms with Crippen LogP contribution in [0.2, 0.25) is 0 Å². The molecule has 1 fully saturated rings. The molecule has 5 heteroatoms. The highest BCUT2D eigenvalue weighted by Crippen LogP contribution is 2.44. The number of hydrogen-bond donors (Lipinski definition) is 1. The minimum absolute atomic E-state index is 0.141. The minimum Gasteiger partial charge on any atom is -0.242 e. The fourth-order valence-electron chi connectivity index (χ4n) is 1.60. The molecule has 1 saturated carbocycles. The Labute approximate surface area is 98.1 Å². The second-order valence-electron chi connectivity index (χ2n) is 5.28. The van der Waals surface area contributed by atoms with Gasteiger partial charge in [-0.1, -0.05) is 6.08 Å². The van der Waals surface area contributed by atoms with Crippen LogP contribution in [0.4, 0.5) is 8.78 Å². The molecule has 2 atom stereocenters. The third kappa shape index (κ3) is 3.35. The summed E-state index contributed by atoms with van der Waals surface area (Å²) in [6.45, 7) is 9.12. The predicted octanol–water partition coefficient (Wildman–Crippen LogP) is 2.64. The molecule has 1 aliphatic carbocycles. The number of alkyl halides is 2. The normalized spacial score (nSPS) is 24.6. The smallest absolute Gasteiger partial charge is 0.242 e. The van der Waals surface area contributed by atoms with Crippen LogP contribution in [-0.2, 0) is 11.0 Å². The number of nitrogens with one attached hydrogen (secondary N) is 1. The molecule has 0 bridgehead atoms. The highest BCUT2D eigenvalue weighted by Gasteiger charge is 2.48. The molecule has 1 N–H and O–H groups in total. The average molecular weight is 251 g/mol. The van der Waals surface area contributed by atoms with Crippen LogP contribution in [0.15, 0.2) is 12.7 Å². The summed E-state index contributed by atoms with van der Waals surface area (Å²) in [6, 6.07) is -0.292. The van der Waals surface area contributed by atoms with Crippen molar-refractivity contribution in [3.63, 3.8) is 0 Å². The summed E-state index contributed by atoms with van der Waals surface area (Å²) in [5.74, 6) is -2.70. The van der Waals surface area contributed by atoms with Gasteiger partial charge in [-0.25, -0.2) is 17.7 Å². The fraction of sp³-hybridized carbons (Fsp3) is 0.818. The number of rotatable bonds is 4. The van der Waals surface area contributed by atoms with Crippen molar-refractivity contribution in [3.8, 4) is 0 Å². The summed E-state index contributed by atoms with van der Waals surface area (Å²) < 4.78 is 39.7. The van der Waals surface area contributed by atoms with Gasteiger partial charge in [0.2, 0.25) is 5.92 Å². The molecule has 0 aromatic rings. The van der Waals surface area contributed by atoms with Gasteiger partial charge in [-0.2, -0.15) is 0 Å². The molecule has 0 aliphatic heterocycles. The van der Waals surface area contributed by atoms with E-state index in [1.165, 1.54) is 0 Å². The molecule has 1 aliphatic rings. The van der Waals surface area contributed by atoms with Gasteiger partial charge in [0.05, 0.1) is 15.7 Å². The highest BCUT2D eigenvalue weighted by molar-refractivity contribution is 7.84. The van der Waals surface area contributed by atoms with Gasteiger partial charge in [-0.3, -0.25) is 0 Å². The van der Waals surface area contributed by atoms with Crippen LogP contribution in [0.3, 0.4) is 0 Å². The second-order valence-corrected chi connectivity index (χ2v) is 7.28. The largest absolute Gasteiger partial charge is 0.248 e. The van der Waals surface area contributed by atoms with Crippen LogP contribution < -0.4 is 4.72 Å². The van der Waals surface area contributed by atoms with Gasteiger partial charge in [0.1, 0.15) is 0 Å². The van der Waals surface area contributed by atoms with Crippen molar-refractivity contribution in [3.05, 3.63) is 12.7 Å². The van der Waals surface area contributed by atoms with Crippen molar-refractivity contribution >= 4 is 11.0 Å². The molecule has 0 radical (unpaired) electrons. The lowest BCUT2D eigenvalue weighted by Crippen LogP contribution is -2.49. The number of hydrogen-bond acceptors (Lipinski definition) is 1. The van der Waals surface area contributed by atoms with Crippen molar-refractivity contribution in [1.29, 1.82) is 0 Å². The Kier molecular flexibility index (Phi) is 3.90. The minimum atomic E-state index is -2.54. The van der Waals surface area contributed by atoms with Crippen molar-refractivity contribution in [2.45, 2.75) is 50.3 Å². The molecule has 1 rings (SSSR count). The van der Waals surface area contributed by atoms with Gasteiger partial charge >= 0.3 is 0 Å². The molecule has 0 aromatic heterocycles. The third-order valence-corrected chi connectivity index (χ3v) is 4.28. The maximum Gasteiger partial charge on any atom is 0.248 e. The molecule has 0 heterocycles. The third-order valence-electron chi connectivity index (χ3n) is 2.68. The molecule has 0 aromatic carbocycles. The van der Waals surface area contributed by atoms with E-state index in [4.69, 9.17) is 0 Å². The first kappa shape index (κ1) is 13.8. The lowest BCUT2D eigenvalue weighted by atomic mass is 9.77. The lowest BCUT2D eigenvalue weighted by molar-refractivity contribution is -0.113. The predicted molar refractivity (Wildman–Crippen MR) is 62.7 cm³/mol. The molecule has 16 heavy (non-hydrogen) atoms. The topological polar surface area (TPSA) is 29.1 Å². The second kappa shape index (κ2) is 4.53. The zero-order chi connectivity index (χ0) is 12.6. The van der Waals surface area contributed by atoms with Crippen LogP contribution in [0, 0.1) is 5.92 Å². The van der Waals surface area contributed by atoms with E-state index in [0.717, 1.165) is 0 Å². The first-order chi connectivity index (χ1) is 7.15. The monoisotopic (exact) mass is 251 g/mol. The Hall–Kier alpha value is -0.290. The molecule has 0 amide bonds. The Morgan fingerprint density at radius 3 is 2.31 bits per heavy atom. The first-order valence-corrected chi connectivity index (χ1v) is 6.49. The van der Waals surface area contributed by atoms with E-state index in [2.05, 4.69) is 11.3 Å². The van der Waals surface area contributed by atoms with Gasteiger partial charge in [0, 0.05) is 18.9 Å². The standard InChI is InChI=1S/C11H19F2NOS/c1-5-9(8-6-11(12,13)7-8)14-16(15)10(2,3)4/h5,8-9,14H,1,6-7H2,2-4H3/t9-,16?/m0/s1. The van der Waals surface area contributed by atoms with E-state index < -0.39 is 21.7 Å². The van der Waals surface area contributed by atoms with Crippen molar-refractivity contribution in [1.82, 2.24) is 4.72 Å². The Balaban J connectivity index is 2.52. The van der Waals surface area contributed by atoms with Gasteiger partial charge in [0.15, 0.2) is 0 Å². The van der Waals surface area contributed by atoms with Crippen LogP contribution in [0.1, 0.15) is 33.6 Å². The van der Waals surface area contributed by atoms with Crippen LogP contribution in [0.5, 0.6) is 0 Å². The molecule has 2 nitrogen and oxygen atoms in total. The molecule has 94 valence electrons. The van der Waals surface area contributed by atoms with Crippen molar-refractivity contribution in [2.24, 2.45) is 5.92 Å². The lowest BCUT2D eigenvalue weighted by Gasteiger charge is -2.39. The van der Waals surface area contributed by atoms with Gasteiger partial charge in [0.25, 0.3) is 0 Å². The van der Waals surface area contributed by atoms with Gasteiger partial charge in [-0.15, -0.1) is 6.58 Å². The van der Waals surface area contributed by atoms with Gasteiger partial charge in [-0.05, 0) is 26.7 Å². The maximum atomic E-state index is 12.7. The van der Waals surface area contributed by atoms with E-state index in [0.29, 0.717) is 0 Å². The molecular weight excluding hydrogens is 232 g/mol. The average Bonchev–Trinajstić information content (AvgIpc) is 2.08. The maximum absolute atomic E-state index is 12.7. The highest BCUT2D eigenvalue weighted by atomic mass is 32.2. The quantitative estimate of drug-likeness (QED) is 0.765. The summed E-state index contributed by atoms with van der Waals surface area (Å²) in [6.07, 6.45) is 1.29. The van der Waals surface area contributed by atoms with E-state index in [1.54, 1.807) is 6.08 Å². The Bertz CT molecular complexity index is 291. The zero-order valence-corrected chi connectivity index (χ0v) is 10.7. The van der Waals surface area contributed by atoms with E-state index in [-0.39, 0.29) is 24.8 Å². The van der Waals surface area contributed by atoms with Crippen molar-refractivity contribution < 1.29 is 13.0 Å².